The van der Waals surface area contributed by atoms with Gasteiger partial charge in [0, 0.05) is 12.1 Å². The van der Waals surface area contributed by atoms with E-state index < -0.39 is 15.9 Å². The summed E-state index contributed by atoms with van der Waals surface area (Å²) in [6.07, 6.45) is 8.41. The number of hydrogen-bond donors (Lipinski definition) is 4. The van der Waals surface area contributed by atoms with Gasteiger partial charge in [-0.15, -0.1) is 0 Å². The van der Waals surface area contributed by atoms with Gasteiger partial charge in [0.05, 0.1) is 17.1 Å². The van der Waals surface area contributed by atoms with E-state index in [1.165, 1.54) is 37.1 Å². The van der Waals surface area contributed by atoms with Gasteiger partial charge in [0.15, 0.2) is 0 Å². The lowest BCUT2D eigenvalue weighted by atomic mass is 9.43. The van der Waals surface area contributed by atoms with Gasteiger partial charge >= 0.3 is 0 Å². The Morgan fingerprint density at radius 2 is 1.76 bits per heavy atom. The quantitative estimate of drug-likeness (QED) is 0.389. The molecule has 0 aromatic heterocycles. The number of amides is 1. The molecule has 0 radical (unpaired) electrons. The van der Waals surface area contributed by atoms with Gasteiger partial charge in [-0.1, -0.05) is 20.8 Å². The largest absolute Gasteiger partial charge is 0.399 e. The highest BCUT2D eigenvalue weighted by atomic mass is 32.2. The van der Waals surface area contributed by atoms with Crippen molar-refractivity contribution in [1.29, 1.82) is 0 Å². The van der Waals surface area contributed by atoms with Gasteiger partial charge < -0.3 is 15.9 Å². The minimum atomic E-state index is -3.93. The molecule has 7 nitrogen and oxygen atoms in total. The Morgan fingerprint density at radius 1 is 1.05 bits per heavy atom. The van der Waals surface area contributed by atoms with E-state index in [4.69, 9.17) is 5.73 Å². The van der Waals surface area contributed by atoms with Gasteiger partial charge in [-0.25, -0.2) is 13.1 Å². The Bertz CT molecular complexity index is 1140. The first-order valence-corrected chi connectivity index (χ1v) is 16.1. The number of hydrogen-bond acceptors (Lipinski definition) is 6. The summed E-state index contributed by atoms with van der Waals surface area (Å²) < 4.78 is 27.4. The van der Waals surface area contributed by atoms with E-state index in [1.807, 2.05) is 0 Å². The number of anilines is 1. The van der Waals surface area contributed by atoms with Crippen molar-refractivity contribution in [3.63, 3.8) is 0 Å². The van der Waals surface area contributed by atoms with Crippen LogP contribution in [0.5, 0.6) is 0 Å². The molecule has 4 aliphatic carbocycles. The van der Waals surface area contributed by atoms with Crippen molar-refractivity contribution >= 4 is 21.6 Å². The summed E-state index contributed by atoms with van der Waals surface area (Å²) in [5.41, 5.74) is 6.14. The number of aliphatic hydroxyl groups excluding tert-OH is 2. The van der Waals surface area contributed by atoms with E-state index in [2.05, 4.69) is 25.5 Å². The average Bonchev–Trinajstić information content (AvgIpc) is 3.22. The lowest BCUT2D eigenvalue weighted by Gasteiger charge is -2.62. The molecule has 4 aliphatic rings. The summed E-state index contributed by atoms with van der Waals surface area (Å²) in [5, 5.41) is 22.0. The third-order valence-electron chi connectivity index (χ3n) is 11.8. The molecule has 0 heterocycles. The minimum absolute atomic E-state index is 0.0232. The van der Waals surface area contributed by atoms with Gasteiger partial charge in [-0.2, -0.15) is 0 Å². The van der Waals surface area contributed by atoms with Crippen molar-refractivity contribution in [3.05, 3.63) is 24.3 Å². The first kappa shape index (κ1) is 27.9. The maximum atomic E-state index is 12.6. The molecule has 4 saturated carbocycles. The number of fused-ring (bicyclic) bond motifs is 5. The molecule has 4 fully saturated rings. The Hall–Kier alpha value is -1.64. The number of nitrogen functional groups attached to an aromatic ring is 1. The van der Waals surface area contributed by atoms with Crippen LogP contribution in [0.25, 0.3) is 0 Å². The topological polar surface area (TPSA) is 130 Å². The maximum Gasteiger partial charge on any atom is 0.264 e. The van der Waals surface area contributed by atoms with Crippen LogP contribution in [0.2, 0.25) is 0 Å². The van der Waals surface area contributed by atoms with Gasteiger partial charge in [0.2, 0.25) is 5.91 Å². The van der Waals surface area contributed by atoms with Crippen molar-refractivity contribution in [2.24, 2.45) is 46.3 Å². The third kappa shape index (κ3) is 4.68. The van der Waals surface area contributed by atoms with Crippen LogP contribution in [0.4, 0.5) is 5.69 Å². The molecule has 1 aromatic carbocycles. The monoisotopic (exact) mass is 546 g/mol. The molecule has 212 valence electrons. The normalized spacial score (nSPS) is 41.4. The summed E-state index contributed by atoms with van der Waals surface area (Å²) >= 11 is 0. The SMILES string of the molecule is CC(CCC(=O)NS(=O)(=O)c1ccc(N)cc1)C1CCC2C3CCC4CC(O)CCC4(C)C3CC(O)C12C. The van der Waals surface area contributed by atoms with E-state index in [0.29, 0.717) is 41.7 Å². The van der Waals surface area contributed by atoms with Crippen LogP contribution in [0.1, 0.15) is 85.0 Å². The van der Waals surface area contributed by atoms with E-state index in [1.54, 1.807) is 0 Å². The number of nitrogens with one attached hydrogen (secondary N) is 1. The number of aliphatic hydroxyl groups is 2. The highest BCUT2D eigenvalue weighted by molar-refractivity contribution is 7.90. The van der Waals surface area contributed by atoms with Crippen molar-refractivity contribution in [3.8, 4) is 0 Å². The fourth-order valence-electron chi connectivity index (χ4n) is 9.63. The van der Waals surface area contributed by atoms with Gasteiger partial charge in [-0.3, -0.25) is 4.79 Å². The molecule has 38 heavy (non-hydrogen) atoms. The maximum absolute atomic E-state index is 12.6. The van der Waals surface area contributed by atoms with Gasteiger partial charge in [0.1, 0.15) is 0 Å². The predicted molar refractivity (Wildman–Crippen MR) is 147 cm³/mol. The zero-order valence-electron chi connectivity index (χ0n) is 23.1. The lowest BCUT2D eigenvalue weighted by molar-refractivity contribution is -0.174. The molecule has 10 unspecified atom stereocenters. The Morgan fingerprint density at radius 3 is 2.47 bits per heavy atom. The van der Waals surface area contributed by atoms with Gasteiger partial charge in [-0.05, 0) is 128 Å². The van der Waals surface area contributed by atoms with E-state index in [9.17, 15) is 23.4 Å². The molecule has 0 saturated heterocycles. The molecule has 5 rings (SSSR count). The van der Waals surface area contributed by atoms with Crippen LogP contribution in [-0.2, 0) is 14.8 Å². The number of carbonyl (C=O) groups is 1. The highest BCUT2D eigenvalue weighted by Crippen LogP contribution is 2.68. The number of carbonyl (C=O) groups excluding carboxylic acids is 1. The first-order chi connectivity index (χ1) is 17.9. The van der Waals surface area contributed by atoms with Crippen LogP contribution in [0.15, 0.2) is 29.2 Å². The molecule has 0 bridgehead atoms. The van der Waals surface area contributed by atoms with Crippen molar-refractivity contribution in [2.45, 2.75) is 102 Å². The molecular weight excluding hydrogens is 500 g/mol. The standard InChI is InChI=1S/C30H46N2O5S/c1-18(4-13-28(35)32-38(36,37)22-8-6-20(31)7-9-22)24-11-12-25-23-10-5-19-16-21(33)14-15-29(19,2)26(23)17-27(34)30(24,25)3/h6-9,18-19,21,23-27,33-34H,4-5,10-17,31H2,1-3H3,(H,32,35). The molecule has 0 aliphatic heterocycles. The second-order valence-corrected chi connectivity index (χ2v) is 15.2. The van der Waals surface area contributed by atoms with E-state index >= 15 is 0 Å². The Kier molecular flexibility index (Phi) is 7.40. The minimum Gasteiger partial charge on any atom is -0.399 e. The molecule has 1 aromatic rings. The second kappa shape index (κ2) is 10.1. The summed E-state index contributed by atoms with van der Waals surface area (Å²) in [6, 6.07) is 5.80. The molecular formula is C30H46N2O5S. The molecule has 1 amide bonds. The van der Waals surface area contributed by atoms with Crippen molar-refractivity contribution < 1.29 is 23.4 Å². The van der Waals surface area contributed by atoms with Crippen LogP contribution >= 0.6 is 0 Å². The summed E-state index contributed by atoms with van der Waals surface area (Å²) in [6.45, 7) is 6.89. The lowest BCUT2D eigenvalue weighted by Crippen LogP contribution is -2.58. The summed E-state index contributed by atoms with van der Waals surface area (Å²) in [4.78, 5) is 12.7. The average molecular weight is 547 g/mol. The fourth-order valence-corrected chi connectivity index (χ4v) is 10.6. The number of benzene rings is 1. The second-order valence-electron chi connectivity index (χ2n) is 13.5. The van der Waals surface area contributed by atoms with Gasteiger partial charge in [0.25, 0.3) is 10.0 Å². The number of sulfonamides is 1. The predicted octanol–water partition coefficient (Wildman–Crippen LogP) is 4.48. The zero-order chi connectivity index (χ0) is 27.5. The Balaban J connectivity index is 1.23. The van der Waals surface area contributed by atoms with Crippen LogP contribution < -0.4 is 10.5 Å². The first-order valence-electron chi connectivity index (χ1n) is 14.6. The van der Waals surface area contributed by atoms with Crippen LogP contribution in [0.3, 0.4) is 0 Å². The number of rotatable bonds is 6. The Labute approximate surface area is 228 Å². The highest BCUT2D eigenvalue weighted by Gasteiger charge is 2.63. The smallest absolute Gasteiger partial charge is 0.264 e. The number of nitrogens with two attached hydrogens (primary N) is 1. The van der Waals surface area contributed by atoms with Crippen molar-refractivity contribution in [2.75, 3.05) is 5.73 Å². The fraction of sp³-hybridized carbons (Fsp3) is 0.767. The van der Waals surface area contributed by atoms with E-state index in [-0.39, 0.29) is 40.3 Å². The third-order valence-corrected chi connectivity index (χ3v) is 13.2. The molecule has 5 N–H and O–H groups in total. The molecule has 10 atom stereocenters. The summed E-state index contributed by atoms with van der Waals surface area (Å²) in [7, 11) is -3.93. The van der Waals surface area contributed by atoms with Crippen LogP contribution in [-0.4, -0.2) is 36.7 Å². The van der Waals surface area contributed by atoms with E-state index in [0.717, 1.165) is 38.5 Å². The molecule has 0 spiro atoms. The molecule has 8 heteroatoms. The zero-order valence-corrected chi connectivity index (χ0v) is 23.9. The van der Waals surface area contributed by atoms with Crippen molar-refractivity contribution in [1.82, 2.24) is 4.72 Å². The van der Waals surface area contributed by atoms with Crippen LogP contribution in [0, 0.1) is 46.3 Å². The summed E-state index contributed by atoms with van der Waals surface area (Å²) in [5.74, 6) is 2.19.